The number of aromatic nitrogens is 2. The number of pyridine rings is 1. The summed E-state index contributed by atoms with van der Waals surface area (Å²) in [5, 5.41) is 0. The minimum atomic E-state index is -0.226. The lowest BCUT2D eigenvalue weighted by molar-refractivity contribution is -0.142. The van der Waals surface area contributed by atoms with Gasteiger partial charge in [0.1, 0.15) is 0 Å². The van der Waals surface area contributed by atoms with Crippen LogP contribution in [0.3, 0.4) is 0 Å². The van der Waals surface area contributed by atoms with Gasteiger partial charge in [0.25, 0.3) is 0 Å². The molecule has 0 atom stereocenters. The molecule has 2 heterocycles. The fourth-order valence-electron chi connectivity index (χ4n) is 2.46. The summed E-state index contributed by atoms with van der Waals surface area (Å²) in [6.07, 6.45) is 3.74. The zero-order valence-corrected chi connectivity index (χ0v) is 11.8. The van der Waals surface area contributed by atoms with Crippen LogP contribution in [0.2, 0.25) is 0 Å². The van der Waals surface area contributed by atoms with Gasteiger partial charge >= 0.3 is 5.97 Å². The number of hydrogen-bond donors (Lipinski definition) is 0. The number of esters is 1. The fraction of sp³-hybridized carbons (Fsp3) is 0.176. The Kier molecular flexibility index (Phi) is 3.69. The summed E-state index contributed by atoms with van der Waals surface area (Å²) in [5.41, 5.74) is 3.96. The Morgan fingerprint density at radius 2 is 2.00 bits per heavy atom. The highest BCUT2D eigenvalue weighted by atomic mass is 16.5. The van der Waals surface area contributed by atoms with Crippen LogP contribution in [0.1, 0.15) is 12.6 Å². The first kappa shape index (κ1) is 13.4. The van der Waals surface area contributed by atoms with Crippen LogP contribution in [-0.4, -0.2) is 22.0 Å². The van der Waals surface area contributed by atoms with Gasteiger partial charge in [-0.3, -0.25) is 4.79 Å². The van der Waals surface area contributed by atoms with Crippen molar-refractivity contribution in [2.45, 2.75) is 13.3 Å². The van der Waals surface area contributed by atoms with E-state index in [1.807, 2.05) is 53.8 Å². The molecule has 0 saturated heterocycles. The van der Waals surface area contributed by atoms with Crippen LogP contribution < -0.4 is 0 Å². The Morgan fingerprint density at radius 1 is 1.19 bits per heavy atom. The fourth-order valence-corrected chi connectivity index (χ4v) is 2.46. The number of ether oxygens (including phenoxy) is 1. The lowest BCUT2D eigenvalue weighted by atomic mass is 10.0. The van der Waals surface area contributed by atoms with Crippen LogP contribution in [-0.2, 0) is 16.0 Å². The molecule has 0 radical (unpaired) electrons. The van der Waals surface area contributed by atoms with Gasteiger partial charge in [-0.15, -0.1) is 0 Å². The van der Waals surface area contributed by atoms with Crippen molar-refractivity contribution in [3.05, 3.63) is 60.7 Å². The van der Waals surface area contributed by atoms with Crippen molar-refractivity contribution in [3.63, 3.8) is 0 Å². The van der Waals surface area contributed by atoms with Gasteiger partial charge in [-0.25, -0.2) is 4.98 Å². The van der Waals surface area contributed by atoms with Gasteiger partial charge in [-0.2, -0.15) is 0 Å². The molecule has 106 valence electrons. The van der Waals surface area contributed by atoms with E-state index in [9.17, 15) is 4.79 Å². The van der Waals surface area contributed by atoms with Crippen molar-refractivity contribution < 1.29 is 9.53 Å². The first-order valence-electron chi connectivity index (χ1n) is 6.94. The number of nitrogens with zero attached hydrogens (tertiary/aromatic N) is 2. The lowest BCUT2D eigenvalue weighted by Crippen LogP contribution is -2.11. The highest BCUT2D eigenvalue weighted by Crippen LogP contribution is 2.25. The quantitative estimate of drug-likeness (QED) is 0.690. The standard InChI is InChI=1S/C17H16N2O2/c1-2-21-17(20)10-16-15(13-6-4-3-5-7-13)9-8-14-11-18-12-19(14)16/h3-9,11-12H,2,10H2,1H3. The van der Waals surface area contributed by atoms with Gasteiger partial charge in [0.15, 0.2) is 0 Å². The number of hydrogen-bond acceptors (Lipinski definition) is 3. The van der Waals surface area contributed by atoms with Gasteiger partial charge in [0.05, 0.1) is 31.1 Å². The van der Waals surface area contributed by atoms with Crippen LogP contribution >= 0.6 is 0 Å². The summed E-state index contributed by atoms with van der Waals surface area (Å²) >= 11 is 0. The Hall–Kier alpha value is -2.62. The Morgan fingerprint density at radius 3 is 2.76 bits per heavy atom. The van der Waals surface area contributed by atoms with E-state index in [0.717, 1.165) is 22.3 Å². The molecule has 1 aromatic carbocycles. The second-order valence-corrected chi connectivity index (χ2v) is 4.73. The maximum Gasteiger partial charge on any atom is 0.311 e. The molecule has 3 aromatic rings. The molecule has 2 aromatic heterocycles. The molecule has 0 amide bonds. The summed E-state index contributed by atoms with van der Waals surface area (Å²) < 4.78 is 7.03. The van der Waals surface area contributed by atoms with Gasteiger partial charge in [0.2, 0.25) is 0 Å². The highest BCUT2D eigenvalue weighted by molar-refractivity contribution is 5.78. The van der Waals surface area contributed by atoms with Crippen molar-refractivity contribution in [3.8, 4) is 11.1 Å². The molecule has 0 N–H and O–H groups in total. The molecule has 0 fully saturated rings. The summed E-state index contributed by atoms with van der Waals surface area (Å²) in [4.78, 5) is 16.1. The second kappa shape index (κ2) is 5.79. The van der Waals surface area contributed by atoms with Gasteiger partial charge in [-0.05, 0) is 18.6 Å². The molecule has 0 aliphatic carbocycles. The van der Waals surface area contributed by atoms with Gasteiger partial charge in [-0.1, -0.05) is 36.4 Å². The predicted octanol–water partition coefficient (Wildman–Crippen LogP) is 3.11. The largest absolute Gasteiger partial charge is 0.466 e. The van der Waals surface area contributed by atoms with Crippen molar-refractivity contribution >= 4 is 11.5 Å². The molecule has 0 bridgehead atoms. The summed E-state index contributed by atoms with van der Waals surface area (Å²) in [7, 11) is 0. The molecule has 0 spiro atoms. The molecular formula is C17H16N2O2. The van der Waals surface area contributed by atoms with E-state index < -0.39 is 0 Å². The van der Waals surface area contributed by atoms with E-state index in [-0.39, 0.29) is 12.4 Å². The highest BCUT2D eigenvalue weighted by Gasteiger charge is 2.14. The topological polar surface area (TPSA) is 43.6 Å². The van der Waals surface area contributed by atoms with E-state index in [0.29, 0.717) is 6.61 Å². The van der Waals surface area contributed by atoms with Gasteiger partial charge < -0.3 is 9.14 Å². The third-order valence-corrected chi connectivity index (χ3v) is 3.39. The lowest BCUT2D eigenvalue weighted by Gasteiger charge is -2.12. The number of rotatable bonds is 4. The number of carbonyl (C=O) groups excluding carboxylic acids is 1. The van der Waals surface area contributed by atoms with Crippen LogP contribution in [0.5, 0.6) is 0 Å². The van der Waals surface area contributed by atoms with E-state index >= 15 is 0 Å². The third-order valence-electron chi connectivity index (χ3n) is 3.39. The second-order valence-electron chi connectivity index (χ2n) is 4.73. The summed E-state index contributed by atoms with van der Waals surface area (Å²) in [5.74, 6) is -0.226. The Labute approximate surface area is 123 Å². The molecule has 3 rings (SSSR count). The average Bonchev–Trinajstić information content (AvgIpc) is 2.97. The van der Waals surface area contributed by atoms with Crippen LogP contribution in [0.4, 0.5) is 0 Å². The van der Waals surface area contributed by atoms with Gasteiger partial charge in [0, 0.05) is 11.3 Å². The van der Waals surface area contributed by atoms with E-state index in [2.05, 4.69) is 4.98 Å². The van der Waals surface area contributed by atoms with Crippen molar-refractivity contribution in [1.29, 1.82) is 0 Å². The SMILES string of the molecule is CCOC(=O)Cc1c(-c2ccccc2)ccc2cncn12. The molecule has 4 heteroatoms. The maximum absolute atomic E-state index is 11.9. The van der Waals surface area contributed by atoms with E-state index in [1.54, 1.807) is 12.5 Å². The maximum atomic E-state index is 11.9. The number of fused-ring (bicyclic) bond motifs is 1. The van der Waals surface area contributed by atoms with Crippen molar-refractivity contribution in [1.82, 2.24) is 9.38 Å². The normalized spacial score (nSPS) is 10.7. The molecule has 4 nitrogen and oxygen atoms in total. The molecule has 0 aliphatic rings. The molecule has 0 aliphatic heterocycles. The smallest absolute Gasteiger partial charge is 0.311 e. The molecule has 21 heavy (non-hydrogen) atoms. The Bertz CT molecular complexity index is 763. The van der Waals surface area contributed by atoms with Crippen LogP contribution in [0.15, 0.2) is 55.0 Å². The Balaban J connectivity index is 2.13. The van der Waals surface area contributed by atoms with Crippen LogP contribution in [0, 0.1) is 0 Å². The minimum absolute atomic E-state index is 0.226. The van der Waals surface area contributed by atoms with E-state index in [4.69, 9.17) is 4.74 Å². The molecule has 0 saturated carbocycles. The predicted molar refractivity (Wildman–Crippen MR) is 81.0 cm³/mol. The minimum Gasteiger partial charge on any atom is -0.466 e. The zero-order valence-electron chi connectivity index (χ0n) is 11.8. The first-order valence-corrected chi connectivity index (χ1v) is 6.94. The summed E-state index contributed by atoms with van der Waals surface area (Å²) in [6.45, 7) is 2.20. The monoisotopic (exact) mass is 280 g/mol. The first-order chi connectivity index (χ1) is 10.3. The van der Waals surface area contributed by atoms with Crippen LogP contribution in [0.25, 0.3) is 16.6 Å². The van der Waals surface area contributed by atoms with E-state index in [1.165, 1.54) is 0 Å². The zero-order chi connectivity index (χ0) is 14.7. The molecule has 0 unspecified atom stereocenters. The summed E-state index contributed by atoms with van der Waals surface area (Å²) in [6, 6.07) is 14.1. The number of carbonyl (C=O) groups is 1. The number of imidazole rings is 1. The average molecular weight is 280 g/mol. The van der Waals surface area contributed by atoms with Crippen molar-refractivity contribution in [2.24, 2.45) is 0 Å². The molecular weight excluding hydrogens is 264 g/mol. The van der Waals surface area contributed by atoms with Crippen molar-refractivity contribution in [2.75, 3.05) is 6.61 Å². The third kappa shape index (κ3) is 2.65. The number of benzene rings is 1.